The summed E-state index contributed by atoms with van der Waals surface area (Å²) in [6, 6.07) is 4.60. The number of carbonyl (C=O) groups is 1. The summed E-state index contributed by atoms with van der Waals surface area (Å²) < 4.78 is 37.4. The third kappa shape index (κ3) is 4.63. The van der Waals surface area contributed by atoms with Gasteiger partial charge in [-0.15, -0.1) is 5.10 Å². The van der Waals surface area contributed by atoms with Gasteiger partial charge in [-0.2, -0.15) is 10.2 Å². The second kappa shape index (κ2) is 9.56. The Hall–Kier alpha value is -3.58. The van der Waals surface area contributed by atoms with Crippen molar-refractivity contribution in [3.63, 3.8) is 0 Å². The summed E-state index contributed by atoms with van der Waals surface area (Å²) in [4.78, 5) is 21.7. The van der Waals surface area contributed by atoms with Crippen molar-refractivity contribution >= 4 is 23.3 Å². The molecular weight excluding hydrogens is 528 g/mol. The summed E-state index contributed by atoms with van der Waals surface area (Å²) in [6.07, 6.45) is 8.13. The Kier molecular flexibility index (Phi) is 6.29. The van der Waals surface area contributed by atoms with Crippen LogP contribution in [-0.4, -0.2) is 36.3 Å². The van der Waals surface area contributed by atoms with Gasteiger partial charge in [-0.3, -0.25) is 0 Å². The Bertz CT molecular complexity index is 1530. The lowest BCUT2D eigenvalue weighted by atomic mass is 9.76. The maximum absolute atomic E-state index is 14.9. The summed E-state index contributed by atoms with van der Waals surface area (Å²) in [5.41, 5.74) is -1.71. The zero-order valence-electron chi connectivity index (χ0n) is 21.1. The maximum atomic E-state index is 14.9. The van der Waals surface area contributed by atoms with Crippen molar-refractivity contribution in [1.29, 1.82) is 5.26 Å². The molecule has 3 aliphatic rings. The van der Waals surface area contributed by atoms with Crippen molar-refractivity contribution in [3.8, 4) is 6.07 Å². The van der Waals surface area contributed by atoms with E-state index in [0.29, 0.717) is 35.6 Å². The van der Waals surface area contributed by atoms with Crippen LogP contribution >= 0.6 is 11.6 Å². The molecule has 0 amide bonds. The van der Waals surface area contributed by atoms with Crippen LogP contribution in [0.2, 0.25) is 5.02 Å². The molecular formula is C28H26ClF2N5O3. The van der Waals surface area contributed by atoms with Gasteiger partial charge < -0.3 is 9.84 Å². The Morgan fingerprint density at radius 1 is 1.23 bits per heavy atom. The van der Waals surface area contributed by atoms with Crippen molar-refractivity contribution in [1.82, 2.24) is 19.6 Å². The first-order valence-corrected chi connectivity index (χ1v) is 13.5. The highest BCUT2D eigenvalue weighted by molar-refractivity contribution is 6.30. The smallest absolute Gasteiger partial charge is 0.338 e. The molecule has 8 nitrogen and oxygen atoms in total. The van der Waals surface area contributed by atoms with Crippen molar-refractivity contribution in [2.75, 3.05) is 0 Å². The summed E-state index contributed by atoms with van der Waals surface area (Å²) in [5, 5.41) is 25.2. The largest absolute Gasteiger partial charge is 0.512 e. The molecule has 2 fully saturated rings. The molecule has 1 aliphatic heterocycles. The van der Waals surface area contributed by atoms with Crippen LogP contribution in [-0.2, 0) is 27.8 Å². The van der Waals surface area contributed by atoms with Gasteiger partial charge in [0.25, 0.3) is 5.78 Å². The number of halogens is 3. The number of hydrogen-bond donors (Lipinski definition) is 1. The highest BCUT2D eigenvalue weighted by Crippen LogP contribution is 2.50. The van der Waals surface area contributed by atoms with Crippen molar-refractivity contribution in [2.24, 2.45) is 5.92 Å². The van der Waals surface area contributed by atoms with E-state index in [0.717, 1.165) is 25.7 Å². The number of cyclic esters (lactones) is 1. The fourth-order valence-electron chi connectivity index (χ4n) is 6.15. The van der Waals surface area contributed by atoms with Crippen LogP contribution < -0.4 is 0 Å². The summed E-state index contributed by atoms with van der Waals surface area (Å²) in [5.74, 6) is -1.55. The third-order valence-corrected chi connectivity index (χ3v) is 8.57. The molecule has 0 radical (unpaired) electrons. The molecule has 1 N–H and O–H groups in total. The van der Waals surface area contributed by atoms with E-state index in [4.69, 9.17) is 16.3 Å². The highest BCUT2D eigenvalue weighted by atomic mass is 35.5. The molecule has 0 spiro atoms. The van der Waals surface area contributed by atoms with Crippen molar-refractivity contribution < 1.29 is 23.4 Å². The first-order chi connectivity index (χ1) is 18.7. The topological polar surface area (TPSA) is 113 Å². The second-order valence-electron chi connectivity index (χ2n) is 10.9. The molecule has 11 heteroatoms. The number of nitrogens with zero attached hydrogens (tertiary/aromatic N) is 5. The van der Waals surface area contributed by atoms with Crippen molar-refractivity contribution in [2.45, 2.75) is 75.2 Å². The van der Waals surface area contributed by atoms with E-state index >= 15 is 0 Å². The van der Waals surface area contributed by atoms with Crippen LogP contribution in [0.3, 0.4) is 0 Å². The molecule has 1 atom stereocenters. The lowest BCUT2D eigenvalue weighted by Crippen LogP contribution is -2.46. The SMILES string of the molecule is N#CC1(c2c(F)cc(CCC3(C4CCCC4)CC(O)=C(Cc4nc5ncc(Cl)cn5n4)C(=O)O3)cc2F)CC1. The maximum Gasteiger partial charge on any atom is 0.338 e. The van der Waals surface area contributed by atoms with Gasteiger partial charge in [-0.1, -0.05) is 24.4 Å². The van der Waals surface area contributed by atoms with Gasteiger partial charge in [0.05, 0.1) is 34.5 Å². The third-order valence-electron chi connectivity index (χ3n) is 8.38. The summed E-state index contributed by atoms with van der Waals surface area (Å²) >= 11 is 5.96. The Balaban J connectivity index is 1.25. The lowest BCUT2D eigenvalue weighted by molar-refractivity contribution is -0.167. The van der Waals surface area contributed by atoms with Gasteiger partial charge in [-0.25, -0.2) is 23.1 Å². The summed E-state index contributed by atoms with van der Waals surface area (Å²) in [6.45, 7) is 0. The van der Waals surface area contributed by atoms with E-state index in [2.05, 4.69) is 15.1 Å². The molecule has 6 rings (SSSR count). The van der Waals surface area contributed by atoms with Gasteiger partial charge in [0.15, 0.2) is 5.82 Å². The normalized spacial score (nSPS) is 22.8. The number of rotatable bonds is 7. The van der Waals surface area contributed by atoms with E-state index in [-0.39, 0.29) is 47.9 Å². The number of benzene rings is 1. The van der Waals surface area contributed by atoms with Crippen LogP contribution in [0.1, 0.15) is 68.3 Å². The molecule has 3 heterocycles. The van der Waals surface area contributed by atoms with Gasteiger partial charge in [0, 0.05) is 18.4 Å². The molecule has 2 aromatic heterocycles. The molecule has 1 unspecified atom stereocenters. The number of esters is 1. The molecule has 1 aromatic carbocycles. The minimum Gasteiger partial charge on any atom is -0.512 e. The van der Waals surface area contributed by atoms with E-state index in [9.17, 15) is 23.9 Å². The van der Waals surface area contributed by atoms with Gasteiger partial charge >= 0.3 is 5.97 Å². The number of aliphatic hydroxyl groups excluding tert-OH is 1. The van der Waals surface area contributed by atoms with Crippen LogP contribution in [0.5, 0.6) is 0 Å². The van der Waals surface area contributed by atoms with Gasteiger partial charge in [-0.05, 0) is 62.1 Å². The minimum atomic E-state index is -1.07. The number of hydrogen-bond acceptors (Lipinski definition) is 7. The molecule has 39 heavy (non-hydrogen) atoms. The monoisotopic (exact) mass is 553 g/mol. The van der Waals surface area contributed by atoms with Crippen LogP contribution in [0.15, 0.2) is 35.9 Å². The first-order valence-electron chi connectivity index (χ1n) is 13.1. The summed E-state index contributed by atoms with van der Waals surface area (Å²) in [7, 11) is 0. The predicted molar refractivity (Wildman–Crippen MR) is 136 cm³/mol. The molecule has 2 saturated carbocycles. The average Bonchev–Trinajstić information content (AvgIpc) is 3.28. The molecule has 0 bridgehead atoms. The Morgan fingerprint density at radius 3 is 2.59 bits per heavy atom. The average molecular weight is 554 g/mol. The Labute approximate surface area is 228 Å². The zero-order valence-corrected chi connectivity index (χ0v) is 21.8. The van der Waals surface area contributed by atoms with Crippen LogP contribution in [0.25, 0.3) is 5.78 Å². The van der Waals surface area contributed by atoms with Crippen molar-refractivity contribution in [3.05, 3.63) is 69.5 Å². The lowest BCUT2D eigenvalue weighted by Gasteiger charge is -2.41. The predicted octanol–water partition coefficient (Wildman–Crippen LogP) is 5.47. The van der Waals surface area contributed by atoms with E-state index in [1.165, 1.54) is 22.8 Å². The molecule has 0 saturated heterocycles. The number of aryl methyl sites for hydroxylation is 1. The standard InChI is InChI=1S/C28H26ClF2N5O3/c29-18-13-33-26-34-23(35-36(26)14-18)11-19-22(37)12-28(39-25(19)38,17-3-1-2-4-17)6-5-16-9-20(30)24(21(31)10-16)27(15-32)7-8-27/h9-10,13-14,17,37H,1-8,11-12H2. The van der Waals surface area contributed by atoms with E-state index in [1.54, 1.807) is 6.20 Å². The number of ether oxygens (including phenoxy) is 1. The number of carbonyl (C=O) groups excluding carboxylic acids is 1. The number of aromatic nitrogens is 4. The Morgan fingerprint density at radius 2 is 1.95 bits per heavy atom. The zero-order chi connectivity index (χ0) is 27.4. The van der Waals surface area contributed by atoms with Gasteiger partial charge in [0.2, 0.25) is 0 Å². The number of aliphatic hydroxyl groups is 1. The molecule has 3 aromatic rings. The minimum absolute atomic E-state index is 0.0205. The molecule has 2 aliphatic carbocycles. The fraction of sp³-hybridized carbons (Fsp3) is 0.464. The van der Waals surface area contributed by atoms with E-state index in [1.807, 2.05) is 6.07 Å². The quantitative estimate of drug-likeness (QED) is 0.386. The first kappa shape index (κ1) is 25.7. The molecule has 202 valence electrons. The second-order valence-corrected chi connectivity index (χ2v) is 11.3. The fourth-order valence-corrected chi connectivity index (χ4v) is 6.29. The van der Waals surface area contributed by atoms with Crippen LogP contribution in [0.4, 0.5) is 8.78 Å². The highest BCUT2D eigenvalue weighted by Gasteiger charge is 2.50. The van der Waals surface area contributed by atoms with Crippen LogP contribution in [0, 0.1) is 28.9 Å². The van der Waals surface area contributed by atoms with Gasteiger partial charge in [0.1, 0.15) is 23.0 Å². The number of fused-ring (bicyclic) bond motifs is 1. The van der Waals surface area contributed by atoms with E-state index < -0.39 is 28.6 Å². The number of nitriles is 1.